The Balaban J connectivity index is 6.00. The molecule has 376 valence electrons. The highest BCUT2D eigenvalue weighted by molar-refractivity contribution is 5.94. The van der Waals surface area contributed by atoms with Gasteiger partial charge in [0.1, 0.15) is 40.5 Å². The molecule has 0 heterocycles. The summed E-state index contributed by atoms with van der Waals surface area (Å²) in [6, 6.07) is -4.78. The molecule has 4 atom stereocenters. The second kappa shape index (κ2) is 29.5. The number of nitrogens with two attached hydrogens (primary N) is 1. The van der Waals surface area contributed by atoms with E-state index in [-0.39, 0.29) is 45.3 Å². The summed E-state index contributed by atoms with van der Waals surface area (Å²) in [7, 11) is 0. The van der Waals surface area contributed by atoms with Crippen LogP contribution in [0, 0.1) is 0 Å². The number of unbranched alkanes of at least 4 members (excludes halogenated alkanes) is 4. The van der Waals surface area contributed by atoms with Crippen molar-refractivity contribution in [1.82, 2.24) is 37.2 Å². The number of ether oxygens (including phenoxy) is 4. The van der Waals surface area contributed by atoms with Gasteiger partial charge in [-0.15, -0.1) is 0 Å². The number of alkyl carbamates (subject to hydrolysis) is 4. The van der Waals surface area contributed by atoms with Crippen LogP contribution in [0.3, 0.4) is 0 Å². The molecule has 65 heavy (non-hydrogen) atoms. The zero-order valence-corrected chi connectivity index (χ0v) is 41.0. The van der Waals surface area contributed by atoms with Crippen LogP contribution in [0.5, 0.6) is 0 Å². The van der Waals surface area contributed by atoms with E-state index in [9.17, 15) is 43.5 Å². The van der Waals surface area contributed by atoms with Crippen LogP contribution in [0.2, 0.25) is 0 Å². The zero-order valence-electron chi connectivity index (χ0n) is 41.0. The maximum absolute atomic E-state index is 14.0. The molecule has 0 spiro atoms. The van der Waals surface area contributed by atoms with Crippen molar-refractivity contribution in [2.24, 2.45) is 5.73 Å². The predicted octanol–water partition coefficient (Wildman–Crippen LogP) is 4.63. The minimum atomic E-state index is -1.33. The molecule has 0 aromatic carbocycles. The molecule has 0 saturated carbocycles. The fourth-order valence-electron chi connectivity index (χ4n) is 5.68. The van der Waals surface area contributed by atoms with Crippen LogP contribution < -0.4 is 43.0 Å². The lowest BCUT2D eigenvalue weighted by molar-refractivity contribution is -0.142. The molecule has 0 saturated heterocycles. The summed E-state index contributed by atoms with van der Waals surface area (Å²) < 4.78 is 21.0. The Bertz CT molecular complexity index is 1520. The number of carbonyl (C=O) groups is 8. The first kappa shape index (κ1) is 59.9. The highest BCUT2D eigenvalue weighted by Crippen LogP contribution is 2.12. The minimum absolute atomic E-state index is 0.0164. The average molecular weight is 931 g/mol. The summed E-state index contributed by atoms with van der Waals surface area (Å²) in [6.45, 7) is 21.7. The van der Waals surface area contributed by atoms with Gasteiger partial charge in [0.25, 0.3) is 0 Å². The third kappa shape index (κ3) is 34.0. The summed E-state index contributed by atoms with van der Waals surface area (Å²) in [6.07, 6.45) is 1.06. The van der Waals surface area contributed by atoms with Gasteiger partial charge in [0.2, 0.25) is 17.7 Å². The fourth-order valence-corrected chi connectivity index (χ4v) is 5.68. The Morgan fingerprint density at radius 2 is 0.646 bits per heavy atom. The van der Waals surface area contributed by atoms with Crippen LogP contribution in [0.15, 0.2) is 0 Å². The monoisotopic (exact) mass is 931 g/mol. The van der Waals surface area contributed by atoms with E-state index in [2.05, 4.69) is 37.2 Å². The van der Waals surface area contributed by atoms with Crippen molar-refractivity contribution in [3.8, 4) is 0 Å². The number of carboxylic acid groups (broad SMARTS) is 1. The topological polar surface area (TPSA) is 304 Å². The van der Waals surface area contributed by atoms with Crippen molar-refractivity contribution >= 4 is 48.1 Å². The summed E-state index contributed by atoms with van der Waals surface area (Å²) in [4.78, 5) is 102. The molecule has 0 aliphatic rings. The largest absolute Gasteiger partial charge is 0.480 e. The van der Waals surface area contributed by atoms with E-state index >= 15 is 0 Å². The van der Waals surface area contributed by atoms with E-state index in [0.29, 0.717) is 57.9 Å². The molecule has 10 N–H and O–H groups in total. The first-order chi connectivity index (χ1) is 29.9. The number of carboxylic acids is 1. The third-order valence-electron chi connectivity index (χ3n) is 8.59. The number of amides is 7. The van der Waals surface area contributed by atoms with E-state index < -0.39 is 94.6 Å². The maximum atomic E-state index is 14.0. The number of nitrogens with one attached hydrogen (secondary N) is 7. The molecule has 0 aliphatic carbocycles. The zero-order chi connectivity index (χ0) is 50.0. The molecule has 0 aromatic heterocycles. The SMILES string of the molecule is CC(C)(C)OC(=O)NCCCC[C@H](NC(=O)[C@H](CCCCNC(=O)OC(C)(C)C)NC(=O)[C@H](CCCCNC(=O)OC(C)(C)C)NC(=O)[C@@H](N)CCCCNC(=O)OC(C)(C)C)C(=O)O. The van der Waals surface area contributed by atoms with Gasteiger partial charge in [-0.2, -0.15) is 0 Å². The van der Waals surface area contributed by atoms with Gasteiger partial charge in [-0.05, 0) is 160 Å². The lowest BCUT2D eigenvalue weighted by Crippen LogP contribution is -2.57. The van der Waals surface area contributed by atoms with E-state index in [4.69, 9.17) is 24.7 Å². The third-order valence-corrected chi connectivity index (χ3v) is 8.59. The molecule has 0 bridgehead atoms. The summed E-state index contributed by atoms with van der Waals surface area (Å²) in [5, 5.41) is 28.5. The van der Waals surface area contributed by atoms with Crippen molar-refractivity contribution in [2.75, 3.05) is 26.2 Å². The average Bonchev–Trinajstić information content (AvgIpc) is 3.12. The molecule has 21 nitrogen and oxygen atoms in total. The van der Waals surface area contributed by atoms with Gasteiger partial charge in [0.15, 0.2) is 0 Å². The lowest BCUT2D eigenvalue weighted by atomic mass is 10.0. The number of rotatable bonds is 27. The van der Waals surface area contributed by atoms with Gasteiger partial charge in [-0.25, -0.2) is 24.0 Å². The molecule has 0 rings (SSSR count). The Hall–Kier alpha value is -5.08. The molecular weight excluding hydrogens is 849 g/mol. The molecule has 0 radical (unpaired) electrons. The first-order valence-electron chi connectivity index (χ1n) is 22.6. The highest BCUT2D eigenvalue weighted by Gasteiger charge is 2.30. The number of carbonyl (C=O) groups excluding carboxylic acids is 7. The number of aliphatic carboxylic acids is 1. The van der Waals surface area contributed by atoms with Crippen molar-refractivity contribution < 1.29 is 62.4 Å². The fraction of sp³-hybridized carbons (Fsp3) is 0.818. The van der Waals surface area contributed by atoms with E-state index in [1.165, 1.54) is 0 Å². The van der Waals surface area contributed by atoms with Crippen LogP contribution in [0.4, 0.5) is 19.2 Å². The van der Waals surface area contributed by atoms with Gasteiger partial charge >= 0.3 is 30.3 Å². The Morgan fingerprint density at radius 1 is 0.400 bits per heavy atom. The van der Waals surface area contributed by atoms with Crippen LogP contribution in [0.25, 0.3) is 0 Å². The molecule has 21 heteroatoms. The Morgan fingerprint density at radius 3 is 0.923 bits per heavy atom. The summed E-state index contributed by atoms with van der Waals surface area (Å²) >= 11 is 0. The van der Waals surface area contributed by atoms with E-state index in [1.807, 2.05) is 0 Å². The van der Waals surface area contributed by atoms with Gasteiger partial charge in [0, 0.05) is 26.2 Å². The Kier molecular flexibility index (Phi) is 27.2. The van der Waals surface area contributed by atoms with Crippen LogP contribution >= 0.6 is 0 Å². The van der Waals surface area contributed by atoms with Crippen LogP contribution in [-0.4, -0.2) is 126 Å². The second-order valence-corrected chi connectivity index (χ2v) is 19.8. The molecule has 7 amide bonds. The van der Waals surface area contributed by atoms with E-state index in [1.54, 1.807) is 83.1 Å². The second-order valence-electron chi connectivity index (χ2n) is 19.8. The highest BCUT2D eigenvalue weighted by atomic mass is 16.6. The Labute approximate surface area is 385 Å². The summed E-state index contributed by atoms with van der Waals surface area (Å²) in [5.41, 5.74) is 3.47. The van der Waals surface area contributed by atoms with Gasteiger partial charge < -0.3 is 67.0 Å². The van der Waals surface area contributed by atoms with Crippen LogP contribution in [0.1, 0.15) is 160 Å². The van der Waals surface area contributed by atoms with Crippen molar-refractivity contribution in [3.63, 3.8) is 0 Å². The molecule has 0 unspecified atom stereocenters. The number of hydrogen-bond donors (Lipinski definition) is 9. The predicted molar refractivity (Wildman–Crippen MR) is 244 cm³/mol. The number of hydrogen-bond acceptors (Lipinski definition) is 13. The molecule has 0 fully saturated rings. The first-order valence-corrected chi connectivity index (χ1v) is 22.6. The van der Waals surface area contributed by atoms with Gasteiger partial charge in [0.05, 0.1) is 6.04 Å². The van der Waals surface area contributed by atoms with Crippen molar-refractivity contribution in [2.45, 2.75) is 207 Å². The van der Waals surface area contributed by atoms with Gasteiger partial charge in [-0.1, -0.05) is 0 Å². The molecular formula is C44H82N8O13. The normalized spacial score (nSPS) is 13.7. The quantitative estimate of drug-likeness (QED) is 0.0401. The van der Waals surface area contributed by atoms with Gasteiger partial charge in [-0.3, -0.25) is 14.4 Å². The van der Waals surface area contributed by atoms with Crippen molar-refractivity contribution in [1.29, 1.82) is 0 Å². The minimum Gasteiger partial charge on any atom is -0.480 e. The van der Waals surface area contributed by atoms with Crippen LogP contribution in [-0.2, 0) is 38.1 Å². The van der Waals surface area contributed by atoms with Crippen molar-refractivity contribution in [3.05, 3.63) is 0 Å². The standard InChI is InChI=1S/C44H82N8O13/c1-41(2,3)62-37(58)46-25-17-13-21-29(45)33(53)50-30(22-14-18-26-47-38(59)63-42(4,5)6)34(54)51-31(23-15-19-27-48-39(60)64-43(7,8)9)35(55)52-32(36(56)57)24-16-20-28-49-40(61)65-44(10,11)12/h29-32H,13-28,45H2,1-12H3,(H,46,58)(H,47,59)(H,48,60)(H,49,61)(H,50,53)(H,51,54)(H,52,55)(H,56,57)/t29-,30-,31-,32-/m0/s1. The molecule has 0 aliphatic heterocycles. The van der Waals surface area contributed by atoms with E-state index in [0.717, 1.165) is 0 Å². The smallest absolute Gasteiger partial charge is 0.407 e. The summed E-state index contributed by atoms with van der Waals surface area (Å²) in [5.74, 6) is -3.43. The lowest BCUT2D eigenvalue weighted by Gasteiger charge is -2.25. The molecule has 0 aromatic rings. The maximum Gasteiger partial charge on any atom is 0.407 e.